The first-order chi connectivity index (χ1) is 21.3. The van der Waals surface area contributed by atoms with Gasteiger partial charge in [0.1, 0.15) is 54.4 Å². The second-order valence-electron chi connectivity index (χ2n) is 10.4. The highest BCUT2D eigenvalue weighted by atomic mass is 31.2. The van der Waals surface area contributed by atoms with E-state index in [1.165, 1.54) is 17.1 Å². The zero-order valence-corrected chi connectivity index (χ0v) is 24.3. The number of amidine groups is 1. The van der Waals surface area contributed by atoms with Crippen molar-refractivity contribution in [2.75, 3.05) is 18.9 Å². The summed E-state index contributed by atoms with van der Waals surface area (Å²) in [7, 11) is -10.2. The van der Waals surface area contributed by atoms with Crippen LogP contribution in [0.25, 0.3) is 11.0 Å². The summed E-state index contributed by atoms with van der Waals surface area (Å²) < 4.78 is 60.1. The predicted octanol–water partition coefficient (Wildman–Crippen LogP) is -2.45. The smallest absolute Gasteiger partial charge is 0.387 e. The fourth-order valence-electron chi connectivity index (χ4n) is 5.54. The molecule has 45 heavy (non-hydrogen) atoms. The van der Waals surface area contributed by atoms with Gasteiger partial charge < -0.3 is 39.8 Å². The molecular weight excluding hydrogens is 648 g/mol. The van der Waals surface area contributed by atoms with E-state index in [9.17, 15) is 33.9 Å². The highest BCUT2D eigenvalue weighted by Crippen LogP contribution is 2.53. The lowest BCUT2D eigenvalue weighted by Crippen LogP contribution is -2.53. The van der Waals surface area contributed by atoms with Crippen molar-refractivity contribution in [3.8, 4) is 0 Å². The van der Waals surface area contributed by atoms with Gasteiger partial charge in [0, 0.05) is 6.20 Å². The number of amides is 1. The quantitative estimate of drug-likeness (QED) is 0.163. The van der Waals surface area contributed by atoms with Gasteiger partial charge in [0.2, 0.25) is 5.96 Å². The number of nitrogen functional groups attached to an aromatic ring is 1. The summed E-state index contributed by atoms with van der Waals surface area (Å²) in [5.74, 6) is -1.14. The van der Waals surface area contributed by atoms with E-state index in [1.54, 1.807) is 6.07 Å². The number of hydrogen-bond donors (Lipinski definition) is 7. The molecule has 242 valence electrons. The number of anilines is 1. The Balaban J connectivity index is 1.17. The number of fused-ring (bicyclic) bond motifs is 5. The third kappa shape index (κ3) is 5.37. The van der Waals surface area contributed by atoms with Crippen LogP contribution in [0.4, 0.5) is 5.82 Å². The zero-order chi connectivity index (χ0) is 31.8. The van der Waals surface area contributed by atoms with E-state index in [1.807, 2.05) is 0 Å². The summed E-state index contributed by atoms with van der Waals surface area (Å²) in [5, 5.41) is 32.5. The van der Waals surface area contributed by atoms with Crippen LogP contribution in [0.15, 0.2) is 28.6 Å². The Morgan fingerprint density at radius 1 is 1.00 bits per heavy atom. The molecule has 2 aromatic heterocycles. The third-order valence-electron chi connectivity index (χ3n) is 7.59. The number of nitrogens with one attached hydrogen (secondary N) is 2. The van der Waals surface area contributed by atoms with Crippen molar-refractivity contribution in [2.24, 2.45) is 9.98 Å². The van der Waals surface area contributed by atoms with Crippen LogP contribution in [0, 0.1) is 5.41 Å². The zero-order valence-electron chi connectivity index (χ0n) is 22.5. The van der Waals surface area contributed by atoms with Gasteiger partial charge in [-0.15, -0.1) is 0 Å². The molecule has 1 amide bonds. The maximum Gasteiger partial charge on any atom is 0.472 e. The molecule has 3 fully saturated rings. The molecule has 24 heteroatoms. The van der Waals surface area contributed by atoms with E-state index in [0.717, 1.165) is 11.2 Å². The minimum Gasteiger partial charge on any atom is -0.387 e. The monoisotopic (exact) mass is 673 g/mol. The van der Waals surface area contributed by atoms with Gasteiger partial charge in [0.05, 0.1) is 24.9 Å². The van der Waals surface area contributed by atoms with Crippen molar-refractivity contribution in [3.05, 3.63) is 18.6 Å². The van der Waals surface area contributed by atoms with Crippen molar-refractivity contribution >= 4 is 56.5 Å². The van der Waals surface area contributed by atoms with Crippen LogP contribution in [0.5, 0.6) is 0 Å². The standard InChI is InChI=1S/C21H25N9O13P2/c22-15-7-1-2-29(16(7)25-5-24-15)19-12(32)13-9(41-19)4-39-45(36,37)43-14-11(31)8(3-38-44(34,35)42-13)40-20(14)30-6-26-10-17(30)27-21(23)28-18(10)33/h1-2,5-6,8-14,19-20,31-32H,3-4H2,(H,34,35)(H,36,37)(H2,22,24,25)(H2,23,28,33)/t8-,9-,10?,11?,12+,13?,14+,19-,20-/m1/s1. The van der Waals surface area contributed by atoms with Crippen LogP contribution >= 0.6 is 15.6 Å². The number of carbonyl (C=O) groups is 1. The van der Waals surface area contributed by atoms with Crippen molar-refractivity contribution in [3.63, 3.8) is 0 Å². The summed E-state index contributed by atoms with van der Waals surface area (Å²) in [6.45, 7) is -1.63. The number of nitrogens with zero attached hydrogens (tertiary/aromatic N) is 6. The Morgan fingerprint density at radius 3 is 2.44 bits per heavy atom. The minimum absolute atomic E-state index is 0.103. The molecular formula is C21H25N9O13P2. The number of aromatic nitrogens is 3. The van der Waals surface area contributed by atoms with Crippen LogP contribution in [0.1, 0.15) is 6.23 Å². The molecule has 2 aromatic rings. The second-order valence-corrected chi connectivity index (χ2v) is 13.2. The van der Waals surface area contributed by atoms with E-state index in [0.29, 0.717) is 5.39 Å². The number of ether oxygens (including phenoxy) is 2. The van der Waals surface area contributed by atoms with Crippen LogP contribution in [0.3, 0.4) is 0 Å². The number of guanidine groups is 1. The third-order valence-corrected chi connectivity index (χ3v) is 9.56. The molecule has 2 bridgehead atoms. The molecule has 7 heterocycles. The van der Waals surface area contributed by atoms with Crippen LogP contribution < -0.4 is 11.1 Å². The van der Waals surface area contributed by atoms with Gasteiger partial charge in [-0.2, -0.15) is 4.99 Å². The van der Waals surface area contributed by atoms with Crippen LogP contribution in [-0.4, -0.2) is 126 Å². The summed E-state index contributed by atoms with van der Waals surface area (Å²) in [4.78, 5) is 50.7. The first kappa shape index (κ1) is 30.4. The molecule has 0 aromatic carbocycles. The SMILES string of the molecule is N=C1N=C2C(N=CN2[C@@H]2O[C@@H]3COP(=O)(O)OC4[C@@H](COP(=O)(O)O[C@H]2C3O)O[C@@H](n2ccc3c(N)ncnc32)[C@H]4O)C(=O)N1. The van der Waals surface area contributed by atoms with E-state index < -0.39 is 95.8 Å². The van der Waals surface area contributed by atoms with Gasteiger partial charge in [-0.1, -0.05) is 0 Å². The molecule has 0 spiro atoms. The van der Waals surface area contributed by atoms with Crippen LogP contribution in [0.2, 0.25) is 0 Å². The average molecular weight is 673 g/mol. The molecule has 5 unspecified atom stereocenters. The molecule has 5 aliphatic rings. The van der Waals surface area contributed by atoms with E-state index in [-0.39, 0.29) is 17.3 Å². The summed E-state index contributed by atoms with van der Waals surface area (Å²) in [6.07, 6.45) is -8.76. The molecule has 22 nitrogen and oxygen atoms in total. The number of hydrogen-bond acceptors (Lipinski definition) is 17. The van der Waals surface area contributed by atoms with Gasteiger partial charge in [-0.05, 0) is 6.07 Å². The molecule has 3 saturated heterocycles. The maximum absolute atomic E-state index is 13.2. The van der Waals surface area contributed by atoms with Crippen LogP contribution in [-0.2, 0) is 41.5 Å². The molecule has 11 atom stereocenters. The highest BCUT2D eigenvalue weighted by Gasteiger charge is 2.56. The number of carbonyl (C=O) groups excluding carboxylic acids is 1. The van der Waals surface area contributed by atoms with Gasteiger partial charge >= 0.3 is 15.6 Å². The maximum atomic E-state index is 13.2. The summed E-state index contributed by atoms with van der Waals surface area (Å²) >= 11 is 0. The number of aliphatic hydroxyl groups is 2. The largest absolute Gasteiger partial charge is 0.472 e. The molecule has 0 saturated carbocycles. The molecule has 0 radical (unpaired) electrons. The molecule has 8 N–H and O–H groups in total. The lowest BCUT2D eigenvalue weighted by atomic mass is 10.1. The lowest BCUT2D eigenvalue weighted by Gasteiger charge is -2.31. The molecule has 7 rings (SSSR count). The van der Waals surface area contributed by atoms with Gasteiger partial charge in [0.15, 0.2) is 24.3 Å². The first-order valence-corrected chi connectivity index (χ1v) is 16.2. The second kappa shape index (κ2) is 10.9. The summed E-state index contributed by atoms with van der Waals surface area (Å²) in [6, 6.07) is 0.377. The fraction of sp³-hybridized carbons (Fsp3) is 0.524. The van der Waals surface area contributed by atoms with Crippen molar-refractivity contribution in [2.45, 2.75) is 55.1 Å². The Bertz CT molecular complexity index is 1720. The Labute approximate surface area is 251 Å². The lowest BCUT2D eigenvalue weighted by molar-refractivity contribution is -0.119. The normalized spacial score (nSPS) is 42.0. The van der Waals surface area contributed by atoms with E-state index in [4.69, 9.17) is 38.7 Å². The number of aliphatic imine (C=N–C) groups is 2. The Kier molecular flexibility index (Phi) is 7.39. The average Bonchev–Trinajstić information content (AvgIpc) is 3.72. The fourth-order valence-corrected chi connectivity index (χ4v) is 7.44. The predicted molar refractivity (Wildman–Crippen MR) is 145 cm³/mol. The van der Waals surface area contributed by atoms with E-state index in [2.05, 4.69) is 25.3 Å². The van der Waals surface area contributed by atoms with E-state index >= 15 is 0 Å². The number of rotatable bonds is 2. The Hall–Kier alpha value is -3.24. The number of phosphoric ester groups is 2. The molecule has 0 aliphatic carbocycles. The molecule has 5 aliphatic heterocycles. The Morgan fingerprint density at radius 2 is 1.69 bits per heavy atom. The van der Waals surface area contributed by atoms with Gasteiger partial charge in [-0.25, -0.2) is 19.1 Å². The topological polar surface area (TPSA) is 308 Å². The minimum atomic E-state index is -5.11. The van der Waals surface area contributed by atoms with Crippen molar-refractivity contribution in [1.82, 2.24) is 24.8 Å². The van der Waals surface area contributed by atoms with Gasteiger partial charge in [-0.3, -0.25) is 43.5 Å². The first-order valence-electron chi connectivity index (χ1n) is 13.2. The number of phosphoric acid groups is 2. The summed E-state index contributed by atoms with van der Waals surface area (Å²) in [5.41, 5.74) is 6.14. The number of aliphatic hydroxyl groups excluding tert-OH is 2. The van der Waals surface area contributed by atoms with Crippen molar-refractivity contribution < 1.29 is 61.5 Å². The highest BCUT2D eigenvalue weighted by molar-refractivity contribution is 7.47. The van der Waals surface area contributed by atoms with Crippen molar-refractivity contribution in [1.29, 1.82) is 5.41 Å². The van der Waals surface area contributed by atoms with Gasteiger partial charge in [0.25, 0.3) is 5.91 Å². The number of nitrogens with two attached hydrogens (primary N) is 1.